The van der Waals surface area contributed by atoms with Gasteiger partial charge in [0, 0.05) is 0 Å². The van der Waals surface area contributed by atoms with E-state index in [2.05, 4.69) is 20.6 Å². The van der Waals surface area contributed by atoms with Crippen molar-refractivity contribution in [3.8, 4) is 0 Å². The van der Waals surface area contributed by atoms with Gasteiger partial charge in [-0.1, -0.05) is 0 Å². The van der Waals surface area contributed by atoms with Gasteiger partial charge < -0.3 is 10.8 Å². The minimum atomic E-state index is -1.19. The topological polar surface area (TPSA) is 122 Å². The molecule has 0 fully saturated rings. The molecule has 12 heavy (non-hydrogen) atoms. The first-order valence-electron chi connectivity index (χ1n) is 2.99. The predicted molar refractivity (Wildman–Crippen MR) is 36.5 cm³/mol. The van der Waals surface area contributed by atoms with Crippen LogP contribution in [0.5, 0.6) is 0 Å². The zero-order chi connectivity index (χ0) is 8.72. The van der Waals surface area contributed by atoms with Gasteiger partial charge in [-0.15, -0.1) is 9.73 Å². The lowest BCUT2D eigenvalue weighted by molar-refractivity contribution is 0.0691. The molecular weight excluding hydrogens is 164 g/mol. The summed E-state index contributed by atoms with van der Waals surface area (Å²) in [5.74, 6) is -1.19. The lowest BCUT2D eigenvalue weighted by Crippen LogP contribution is -2.02. The van der Waals surface area contributed by atoms with Gasteiger partial charge in [0.15, 0.2) is 11.3 Å². The Balaban J connectivity index is 2.78. The van der Waals surface area contributed by atoms with Crippen molar-refractivity contribution in [2.75, 3.05) is 5.73 Å². The van der Waals surface area contributed by atoms with Gasteiger partial charge in [-0.2, -0.15) is 0 Å². The number of carboxylic acid groups (broad SMARTS) is 1. The molecule has 0 spiro atoms. The number of hydrogen-bond donors (Lipinski definition) is 3. The number of aromatic nitrogens is 5. The Labute approximate surface area is 65.0 Å². The molecule has 0 unspecified atom stereocenters. The van der Waals surface area contributed by atoms with Crippen molar-refractivity contribution < 1.29 is 9.90 Å². The van der Waals surface area contributed by atoms with Gasteiger partial charge in [0.25, 0.3) is 0 Å². The Morgan fingerprint density at radius 3 is 3.00 bits per heavy atom. The van der Waals surface area contributed by atoms with Gasteiger partial charge >= 0.3 is 5.97 Å². The van der Waals surface area contributed by atoms with Crippen molar-refractivity contribution >= 4 is 17.3 Å². The molecule has 0 radical (unpaired) electrons. The van der Waals surface area contributed by atoms with Crippen LogP contribution in [-0.4, -0.2) is 36.3 Å². The van der Waals surface area contributed by atoms with Crippen LogP contribution in [0, 0.1) is 0 Å². The van der Waals surface area contributed by atoms with Gasteiger partial charge in [-0.3, -0.25) is 0 Å². The highest BCUT2D eigenvalue weighted by Crippen LogP contribution is 2.13. The molecule has 4 N–H and O–H groups in total. The van der Waals surface area contributed by atoms with E-state index in [1.165, 1.54) is 0 Å². The molecule has 2 aromatic heterocycles. The largest absolute Gasteiger partial charge is 0.476 e. The van der Waals surface area contributed by atoms with Crippen LogP contribution in [0.1, 0.15) is 10.5 Å². The number of nitrogen functional groups attached to an aromatic ring is 1. The quantitative estimate of drug-likeness (QED) is 0.488. The summed E-state index contributed by atoms with van der Waals surface area (Å²) in [5, 5.41) is 21.4. The number of carbonyl (C=O) groups is 1. The van der Waals surface area contributed by atoms with E-state index in [-0.39, 0.29) is 17.0 Å². The average Bonchev–Trinajstić information content (AvgIpc) is 2.53. The molecule has 0 aliphatic rings. The molecule has 0 bridgehead atoms. The highest BCUT2D eigenvalue weighted by molar-refractivity contribution is 5.95. The minimum Gasteiger partial charge on any atom is -0.476 e. The first kappa shape index (κ1) is 6.58. The molecule has 2 heterocycles. The molecule has 0 saturated carbocycles. The highest BCUT2D eigenvalue weighted by atomic mass is 16.4. The van der Waals surface area contributed by atoms with Crippen LogP contribution < -0.4 is 5.73 Å². The van der Waals surface area contributed by atoms with Crippen LogP contribution in [0.25, 0.3) is 5.65 Å². The Morgan fingerprint density at radius 1 is 1.67 bits per heavy atom. The maximum absolute atomic E-state index is 10.5. The summed E-state index contributed by atoms with van der Waals surface area (Å²) in [7, 11) is 0. The number of tetrazole rings is 1. The zero-order valence-electron chi connectivity index (χ0n) is 5.72. The summed E-state index contributed by atoms with van der Waals surface area (Å²) in [6.07, 6.45) is 0. The van der Waals surface area contributed by atoms with Crippen molar-refractivity contribution in [3.63, 3.8) is 0 Å². The number of carboxylic acids is 1. The number of hydrogen-bond acceptors (Lipinski definition) is 5. The number of nitrogens with one attached hydrogen (secondary N) is 1. The van der Waals surface area contributed by atoms with Crippen LogP contribution in [-0.2, 0) is 0 Å². The van der Waals surface area contributed by atoms with Crippen molar-refractivity contribution in [2.45, 2.75) is 0 Å². The molecule has 2 aromatic rings. The van der Waals surface area contributed by atoms with E-state index in [0.717, 1.165) is 4.63 Å². The molecule has 0 aromatic carbocycles. The number of fused-ring (bicyclic) bond motifs is 1. The van der Waals surface area contributed by atoms with E-state index in [1.54, 1.807) is 0 Å². The molecule has 8 nitrogen and oxygen atoms in total. The Morgan fingerprint density at radius 2 is 2.42 bits per heavy atom. The number of aromatic amines is 1. The fourth-order valence-corrected chi connectivity index (χ4v) is 0.858. The first-order valence-corrected chi connectivity index (χ1v) is 2.99. The third kappa shape index (κ3) is 0.654. The second kappa shape index (κ2) is 1.94. The van der Waals surface area contributed by atoms with Gasteiger partial charge in [-0.25, -0.2) is 9.89 Å². The highest BCUT2D eigenvalue weighted by Gasteiger charge is 2.17. The molecule has 0 amide bonds. The van der Waals surface area contributed by atoms with Crippen molar-refractivity contribution in [1.29, 1.82) is 0 Å². The molecule has 62 valence electrons. The number of H-pyrrole nitrogens is 1. The van der Waals surface area contributed by atoms with Crippen LogP contribution in [0.15, 0.2) is 0 Å². The monoisotopic (exact) mass is 168 g/mol. The molecule has 8 heteroatoms. The van der Waals surface area contributed by atoms with Crippen molar-refractivity contribution in [1.82, 2.24) is 25.3 Å². The predicted octanol–water partition coefficient (Wildman–Crippen LogP) is -1.27. The zero-order valence-corrected chi connectivity index (χ0v) is 5.72. The SMILES string of the molecule is Nc1c(C(=O)O)nn2nn[nH]c12. The second-order valence-corrected chi connectivity index (χ2v) is 2.11. The number of nitrogens with two attached hydrogens (primary N) is 1. The lowest BCUT2D eigenvalue weighted by Gasteiger charge is -1.85. The van der Waals surface area contributed by atoms with Gasteiger partial charge in [0.05, 0.1) is 0 Å². The van der Waals surface area contributed by atoms with E-state index >= 15 is 0 Å². The normalized spacial score (nSPS) is 10.7. The summed E-state index contributed by atoms with van der Waals surface area (Å²) in [4.78, 5) is 10.5. The maximum Gasteiger partial charge on any atom is 0.358 e. The van der Waals surface area contributed by atoms with E-state index < -0.39 is 5.97 Å². The van der Waals surface area contributed by atoms with E-state index in [9.17, 15) is 4.79 Å². The smallest absolute Gasteiger partial charge is 0.358 e. The van der Waals surface area contributed by atoms with Crippen molar-refractivity contribution in [3.05, 3.63) is 5.69 Å². The molecule has 0 atom stereocenters. The van der Waals surface area contributed by atoms with E-state index in [0.29, 0.717) is 0 Å². The fourth-order valence-electron chi connectivity index (χ4n) is 0.858. The number of rotatable bonds is 1. The third-order valence-electron chi connectivity index (χ3n) is 1.39. The van der Waals surface area contributed by atoms with Crippen LogP contribution in [0.2, 0.25) is 0 Å². The molecule has 2 rings (SSSR count). The fraction of sp³-hybridized carbons (Fsp3) is 0. The number of aromatic carboxylic acids is 1. The third-order valence-corrected chi connectivity index (χ3v) is 1.39. The summed E-state index contributed by atoms with van der Waals surface area (Å²) in [5.41, 5.74) is 5.50. The number of anilines is 1. The van der Waals surface area contributed by atoms with Crippen LogP contribution in [0.4, 0.5) is 5.69 Å². The minimum absolute atomic E-state index is 0.0347. The standard InChI is InChI=1S/C4H4N6O2/c5-1-2(4(11)12)7-10-3(1)6-8-9-10/h5H2,(H,6,9)(H,11,12). The molecule has 0 aliphatic heterocycles. The average molecular weight is 168 g/mol. The summed E-state index contributed by atoms with van der Waals surface area (Å²) in [6.45, 7) is 0. The molecular formula is C4H4N6O2. The van der Waals surface area contributed by atoms with Gasteiger partial charge in [0.1, 0.15) is 5.69 Å². The van der Waals surface area contributed by atoms with Gasteiger partial charge in [0.2, 0.25) is 0 Å². The number of nitrogens with zero attached hydrogens (tertiary/aromatic N) is 4. The Bertz CT molecular complexity index is 441. The van der Waals surface area contributed by atoms with Crippen LogP contribution >= 0.6 is 0 Å². The van der Waals surface area contributed by atoms with Crippen molar-refractivity contribution in [2.24, 2.45) is 0 Å². The van der Waals surface area contributed by atoms with E-state index in [4.69, 9.17) is 10.8 Å². The summed E-state index contributed by atoms with van der Waals surface area (Å²) >= 11 is 0. The summed E-state index contributed by atoms with van der Waals surface area (Å²) < 4.78 is 1.03. The first-order chi connectivity index (χ1) is 5.70. The van der Waals surface area contributed by atoms with E-state index in [1.807, 2.05) is 0 Å². The molecule has 0 aliphatic carbocycles. The Kier molecular flexibility index (Phi) is 1.06. The lowest BCUT2D eigenvalue weighted by atomic mass is 10.4. The maximum atomic E-state index is 10.5. The van der Waals surface area contributed by atoms with Crippen LogP contribution in [0.3, 0.4) is 0 Å². The Hall–Kier alpha value is -2.12. The summed E-state index contributed by atoms with van der Waals surface area (Å²) in [6, 6.07) is 0. The second-order valence-electron chi connectivity index (χ2n) is 2.11. The van der Waals surface area contributed by atoms with Gasteiger partial charge in [-0.05, 0) is 10.4 Å². The molecule has 0 saturated heterocycles.